The minimum absolute atomic E-state index is 0. The number of hydrogen-bond donors (Lipinski definition) is 1. The first kappa shape index (κ1) is 8.53. The summed E-state index contributed by atoms with van der Waals surface area (Å²) >= 11 is 0. The molecule has 0 aliphatic heterocycles. The molecule has 0 amide bonds. The van der Waals surface area contributed by atoms with Crippen LogP contribution in [0.3, 0.4) is 0 Å². The molecule has 2 heteroatoms. The van der Waals surface area contributed by atoms with Crippen molar-refractivity contribution in [2.24, 2.45) is 0 Å². The summed E-state index contributed by atoms with van der Waals surface area (Å²) in [6.07, 6.45) is 0. The predicted molar refractivity (Wildman–Crippen MR) is 35.3 cm³/mol. The number of hydrogen-bond acceptors (Lipinski definition) is 1. The standard InChI is InChI=1S/C7H8N.Os/c1-6-2-4-7(8)5-3-6;/h2-5H,1,8H2;/q-1;+1. The molecular weight excluding hydrogens is 288 g/mol. The Labute approximate surface area is 68.3 Å². The van der Waals surface area contributed by atoms with E-state index >= 15 is 0 Å². The summed E-state index contributed by atoms with van der Waals surface area (Å²) < 4.78 is 0. The summed E-state index contributed by atoms with van der Waals surface area (Å²) in [6.45, 7) is 3.71. The minimum atomic E-state index is 0. The van der Waals surface area contributed by atoms with E-state index in [-0.39, 0.29) is 19.8 Å². The molecule has 0 atom stereocenters. The van der Waals surface area contributed by atoms with Crippen LogP contribution in [0, 0.1) is 6.92 Å². The van der Waals surface area contributed by atoms with E-state index in [0.717, 1.165) is 11.3 Å². The second kappa shape index (κ2) is 3.53. The zero-order valence-electron chi connectivity index (χ0n) is 4.95. The molecule has 0 spiro atoms. The quantitative estimate of drug-likeness (QED) is 0.569. The van der Waals surface area contributed by atoms with Gasteiger partial charge >= 0.3 is 19.8 Å². The fourth-order valence-electron chi connectivity index (χ4n) is 0.518. The third-order valence-electron chi connectivity index (χ3n) is 0.980. The van der Waals surface area contributed by atoms with Gasteiger partial charge in [-0.1, -0.05) is 12.1 Å². The van der Waals surface area contributed by atoms with Gasteiger partial charge in [-0.15, -0.1) is 0 Å². The second-order valence-corrected chi connectivity index (χ2v) is 1.74. The van der Waals surface area contributed by atoms with Crippen LogP contribution in [0.15, 0.2) is 24.3 Å². The van der Waals surface area contributed by atoms with E-state index < -0.39 is 0 Å². The number of anilines is 1. The minimum Gasteiger partial charge on any atom is -0.400 e. The van der Waals surface area contributed by atoms with Gasteiger partial charge in [0.15, 0.2) is 0 Å². The molecule has 1 nitrogen and oxygen atoms in total. The predicted octanol–water partition coefficient (Wildman–Crippen LogP) is 1.45. The fourth-order valence-corrected chi connectivity index (χ4v) is 0.518. The van der Waals surface area contributed by atoms with E-state index in [1.165, 1.54) is 0 Å². The summed E-state index contributed by atoms with van der Waals surface area (Å²) in [5.74, 6) is 0. The van der Waals surface area contributed by atoms with E-state index in [9.17, 15) is 0 Å². The van der Waals surface area contributed by atoms with E-state index in [1.54, 1.807) is 0 Å². The van der Waals surface area contributed by atoms with Crippen LogP contribution in [-0.4, -0.2) is 0 Å². The van der Waals surface area contributed by atoms with Gasteiger partial charge in [-0.25, -0.2) is 0 Å². The van der Waals surface area contributed by atoms with Gasteiger partial charge in [0.05, 0.1) is 0 Å². The largest absolute Gasteiger partial charge is 1.00 e. The maximum atomic E-state index is 5.40. The van der Waals surface area contributed by atoms with Crippen LogP contribution >= 0.6 is 0 Å². The first-order valence-electron chi connectivity index (χ1n) is 2.46. The molecule has 0 fully saturated rings. The van der Waals surface area contributed by atoms with Crippen LogP contribution in [0.25, 0.3) is 0 Å². The average molecular weight is 296 g/mol. The van der Waals surface area contributed by atoms with Crippen molar-refractivity contribution in [3.8, 4) is 0 Å². The Morgan fingerprint density at radius 1 is 1.11 bits per heavy atom. The van der Waals surface area contributed by atoms with Gasteiger partial charge in [-0.05, 0) is 0 Å². The molecule has 0 aromatic heterocycles. The maximum Gasteiger partial charge on any atom is 1.00 e. The van der Waals surface area contributed by atoms with Crippen molar-refractivity contribution >= 4 is 5.69 Å². The van der Waals surface area contributed by atoms with Gasteiger partial charge in [0, 0.05) is 5.69 Å². The number of nitrogens with two attached hydrogens (primary N) is 1. The molecule has 0 aliphatic carbocycles. The van der Waals surface area contributed by atoms with Gasteiger partial charge < -0.3 is 5.73 Å². The van der Waals surface area contributed by atoms with E-state index in [4.69, 9.17) is 5.73 Å². The molecule has 1 aromatic carbocycles. The van der Waals surface area contributed by atoms with Gasteiger partial charge in [-0.2, -0.15) is 24.6 Å². The third kappa shape index (κ3) is 2.53. The maximum absolute atomic E-state index is 5.40. The zero-order valence-corrected chi connectivity index (χ0v) is 7.49. The van der Waals surface area contributed by atoms with Crippen molar-refractivity contribution in [1.29, 1.82) is 0 Å². The van der Waals surface area contributed by atoms with Crippen LogP contribution in [0.2, 0.25) is 0 Å². The molecule has 0 unspecified atom stereocenters. The molecule has 0 saturated carbocycles. The molecule has 0 aliphatic rings. The van der Waals surface area contributed by atoms with Crippen molar-refractivity contribution < 1.29 is 19.8 Å². The number of benzene rings is 1. The van der Waals surface area contributed by atoms with Crippen molar-refractivity contribution in [3.05, 3.63) is 36.8 Å². The van der Waals surface area contributed by atoms with Crippen molar-refractivity contribution in [3.63, 3.8) is 0 Å². The average Bonchev–Trinajstić information content (AvgIpc) is 1.77. The zero-order chi connectivity index (χ0) is 5.98. The van der Waals surface area contributed by atoms with Crippen LogP contribution in [0.5, 0.6) is 0 Å². The Hall–Kier alpha value is -0.474. The molecule has 49 valence electrons. The Balaban J connectivity index is 0.000000640. The molecule has 0 saturated heterocycles. The summed E-state index contributed by atoms with van der Waals surface area (Å²) in [5, 5.41) is 0. The second-order valence-electron chi connectivity index (χ2n) is 1.74. The first-order valence-corrected chi connectivity index (χ1v) is 2.46. The molecule has 2 N–H and O–H groups in total. The molecule has 0 heterocycles. The van der Waals surface area contributed by atoms with Gasteiger partial charge in [0.1, 0.15) is 0 Å². The molecule has 0 bridgehead atoms. The van der Waals surface area contributed by atoms with Gasteiger partial charge in [-0.3, -0.25) is 0 Å². The molecule has 9 heavy (non-hydrogen) atoms. The monoisotopic (exact) mass is 298 g/mol. The number of nitrogen functional groups attached to an aromatic ring is 1. The molecule has 1 aromatic rings. The van der Waals surface area contributed by atoms with E-state index in [2.05, 4.69) is 6.92 Å². The van der Waals surface area contributed by atoms with E-state index in [0.29, 0.717) is 0 Å². The third-order valence-corrected chi connectivity index (χ3v) is 0.980. The summed E-state index contributed by atoms with van der Waals surface area (Å²) in [6, 6.07) is 7.44. The number of rotatable bonds is 0. The van der Waals surface area contributed by atoms with E-state index in [1.807, 2.05) is 24.3 Å². The normalized spacial score (nSPS) is 8.00. The molecule has 1 rings (SSSR count). The van der Waals surface area contributed by atoms with Crippen LogP contribution < -0.4 is 5.73 Å². The fraction of sp³-hybridized carbons (Fsp3) is 0. The summed E-state index contributed by atoms with van der Waals surface area (Å²) in [4.78, 5) is 0. The van der Waals surface area contributed by atoms with Gasteiger partial charge in [0.25, 0.3) is 0 Å². The topological polar surface area (TPSA) is 26.0 Å². The van der Waals surface area contributed by atoms with Crippen LogP contribution in [0.4, 0.5) is 5.69 Å². The molecule has 1 radical (unpaired) electrons. The Morgan fingerprint density at radius 2 is 1.56 bits per heavy atom. The molecular formula is C7H8NOs. The summed E-state index contributed by atoms with van der Waals surface area (Å²) in [7, 11) is 0. The first-order chi connectivity index (χ1) is 3.79. The Morgan fingerprint density at radius 3 is 1.89 bits per heavy atom. The van der Waals surface area contributed by atoms with Gasteiger partial charge in [0.2, 0.25) is 0 Å². The van der Waals surface area contributed by atoms with Crippen molar-refractivity contribution in [2.75, 3.05) is 5.73 Å². The van der Waals surface area contributed by atoms with Crippen LogP contribution in [-0.2, 0) is 19.8 Å². The summed E-state index contributed by atoms with van der Waals surface area (Å²) in [5.41, 5.74) is 7.19. The smallest absolute Gasteiger partial charge is 0.400 e. The van der Waals surface area contributed by atoms with Crippen molar-refractivity contribution in [2.45, 2.75) is 0 Å². The van der Waals surface area contributed by atoms with Crippen LogP contribution in [0.1, 0.15) is 5.56 Å². The van der Waals surface area contributed by atoms with Crippen molar-refractivity contribution in [1.82, 2.24) is 0 Å². The SMILES string of the molecule is [CH2-]c1ccc(N)cc1.[Os+]. The Bertz CT molecular complexity index is 148. The Kier molecular flexibility index (Phi) is 3.35.